The van der Waals surface area contributed by atoms with Crippen LogP contribution < -0.4 is 0 Å². The topological polar surface area (TPSA) is 78.9 Å². The fourth-order valence-corrected chi connectivity index (χ4v) is 9.10. The Morgan fingerprint density at radius 3 is 0.744 bits per heavy atom. The predicted molar refractivity (Wildman–Crippen MR) is 357 cm³/mol. The number of hydrogen-bond acceptors (Lipinski definition) is 6. The highest BCUT2D eigenvalue weighted by Crippen LogP contribution is 2.16. The molecule has 464 valence electrons. The van der Waals surface area contributed by atoms with Gasteiger partial charge in [0.15, 0.2) is 6.10 Å². The predicted octanol–water partition coefficient (Wildman–Crippen LogP) is 23.5. The minimum atomic E-state index is -0.796. The second kappa shape index (κ2) is 68.8. The second-order valence-electron chi connectivity index (χ2n) is 22.0. The minimum absolute atomic E-state index is 0.0901. The molecule has 0 saturated carbocycles. The quantitative estimate of drug-likeness (QED) is 0.0261. The van der Waals surface area contributed by atoms with Crippen molar-refractivity contribution in [3.63, 3.8) is 0 Å². The lowest BCUT2D eigenvalue weighted by atomic mass is 10.0. The summed E-state index contributed by atoms with van der Waals surface area (Å²) in [4.78, 5) is 38.3. The fraction of sp³-hybridized carbons (Fsp3) is 0.645. The Bertz CT molecular complexity index is 1780. The Labute approximate surface area is 506 Å². The van der Waals surface area contributed by atoms with E-state index in [1.807, 2.05) is 0 Å². The van der Waals surface area contributed by atoms with Crippen LogP contribution in [-0.4, -0.2) is 37.2 Å². The van der Waals surface area contributed by atoms with Crippen molar-refractivity contribution in [1.82, 2.24) is 0 Å². The standard InChI is InChI=1S/C76H124O6/c1-4-7-10-13-16-19-22-25-27-29-30-31-32-33-34-35-36-37-38-39-40-41-42-43-44-45-46-48-49-51-54-57-60-63-66-69-75(78)81-72-73(71-80-74(77)68-65-62-59-56-53-24-21-18-15-12-9-6-3)82-76(79)70-67-64-61-58-55-52-50-47-28-26-23-20-17-14-11-8-5-2/h7-8,10-11,16-17,19-20,25-28,30-31,33-34,36-37,39-40,42-43,50,52,73H,4-6,9,12-15,18,21-24,29,32,35,38,41,44-49,51,53-72H2,1-3H3/b10-7-,11-8-,19-16-,20-17-,27-25-,28-26-,31-30-,34-33-,37-36-,40-39-,43-42-,52-50-. The molecule has 6 heteroatoms. The highest BCUT2D eigenvalue weighted by Gasteiger charge is 2.19. The van der Waals surface area contributed by atoms with Crippen LogP contribution in [0.4, 0.5) is 0 Å². The van der Waals surface area contributed by atoms with Gasteiger partial charge in [-0.3, -0.25) is 14.4 Å². The van der Waals surface area contributed by atoms with Crippen molar-refractivity contribution < 1.29 is 28.6 Å². The lowest BCUT2D eigenvalue weighted by Crippen LogP contribution is -2.30. The number of allylic oxidation sites excluding steroid dienone is 24. The first-order chi connectivity index (χ1) is 40.5. The number of unbranched alkanes of at least 4 members (excludes halogenated alkanes) is 25. The van der Waals surface area contributed by atoms with E-state index in [1.54, 1.807) is 0 Å². The zero-order valence-electron chi connectivity index (χ0n) is 53.2. The van der Waals surface area contributed by atoms with Crippen LogP contribution in [0.1, 0.15) is 297 Å². The van der Waals surface area contributed by atoms with Crippen LogP contribution in [0.3, 0.4) is 0 Å². The Hall–Kier alpha value is -4.71. The summed E-state index contributed by atoms with van der Waals surface area (Å²) in [5, 5.41) is 0. The number of carbonyl (C=O) groups excluding carboxylic acids is 3. The molecule has 0 aromatic carbocycles. The van der Waals surface area contributed by atoms with Gasteiger partial charge in [0.05, 0.1) is 0 Å². The number of ether oxygens (including phenoxy) is 3. The molecule has 0 saturated heterocycles. The molecule has 0 heterocycles. The third-order valence-electron chi connectivity index (χ3n) is 14.1. The highest BCUT2D eigenvalue weighted by molar-refractivity contribution is 5.71. The molecule has 0 fully saturated rings. The van der Waals surface area contributed by atoms with Crippen molar-refractivity contribution in [3.8, 4) is 0 Å². The van der Waals surface area contributed by atoms with Gasteiger partial charge in [0.2, 0.25) is 0 Å². The molecule has 1 atom stereocenters. The number of hydrogen-bond donors (Lipinski definition) is 0. The van der Waals surface area contributed by atoms with E-state index in [1.165, 1.54) is 103 Å². The molecule has 0 N–H and O–H groups in total. The van der Waals surface area contributed by atoms with Crippen LogP contribution >= 0.6 is 0 Å². The zero-order valence-corrected chi connectivity index (χ0v) is 53.2. The molecule has 0 aliphatic heterocycles. The van der Waals surface area contributed by atoms with E-state index < -0.39 is 6.10 Å². The Morgan fingerprint density at radius 2 is 0.476 bits per heavy atom. The maximum absolute atomic E-state index is 12.9. The molecule has 6 nitrogen and oxygen atoms in total. The van der Waals surface area contributed by atoms with Crippen molar-refractivity contribution in [2.24, 2.45) is 0 Å². The molecule has 1 unspecified atom stereocenters. The first-order valence-electron chi connectivity index (χ1n) is 33.8. The van der Waals surface area contributed by atoms with Crippen LogP contribution in [0, 0.1) is 0 Å². The molecule has 0 spiro atoms. The fourth-order valence-electron chi connectivity index (χ4n) is 9.10. The Kier molecular flexibility index (Phi) is 64.8. The first kappa shape index (κ1) is 77.3. The molecule has 0 amide bonds. The average molecular weight is 1130 g/mol. The normalized spacial score (nSPS) is 13.1. The van der Waals surface area contributed by atoms with E-state index in [0.717, 1.165) is 154 Å². The molecule has 0 aromatic rings. The van der Waals surface area contributed by atoms with Crippen molar-refractivity contribution in [2.75, 3.05) is 13.2 Å². The van der Waals surface area contributed by atoms with E-state index >= 15 is 0 Å². The van der Waals surface area contributed by atoms with Crippen LogP contribution in [0.2, 0.25) is 0 Å². The summed E-state index contributed by atoms with van der Waals surface area (Å²) in [7, 11) is 0. The average Bonchev–Trinajstić information content (AvgIpc) is 3.47. The first-order valence-corrected chi connectivity index (χ1v) is 33.8. The molecular weight excluding hydrogens is 1010 g/mol. The lowest BCUT2D eigenvalue weighted by Gasteiger charge is -2.18. The highest BCUT2D eigenvalue weighted by atomic mass is 16.6. The van der Waals surface area contributed by atoms with E-state index in [4.69, 9.17) is 14.2 Å². The summed E-state index contributed by atoms with van der Waals surface area (Å²) in [6.07, 6.45) is 98.7. The van der Waals surface area contributed by atoms with E-state index in [2.05, 4.69) is 167 Å². The monoisotopic (exact) mass is 1130 g/mol. The van der Waals surface area contributed by atoms with E-state index in [9.17, 15) is 14.4 Å². The minimum Gasteiger partial charge on any atom is -0.462 e. The SMILES string of the molecule is CC/C=C\C/C=C\C/C=C\C/C=C\C/C=C\C/C=C\C/C=C\C/C=C\CCCCCCCCCCCCC(=O)OCC(COC(=O)CCCCCCCCCCCCCC)OC(=O)CCCCCC/C=C\C/C=C\C/C=C\C/C=C\CC. The van der Waals surface area contributed by atoms with Crippen molar-refractivity contribution in [2.45, 2.75) is 303 Å². The molecule has 0 aromatic heterocycles. The number of rotatable bonds is 60. The van der Waals surface area contributed by atoms with Crippen molar-refractivity contribution >= 4 is 17.9 Å². The van der Waals surface area contributed by atoms with Gasteiger partial charge in [-0.25, -0.2) is 0 Å². The van der Waals surface area contributed by atoms with Crippen LogP contribution in [0.15, 0.2) is 146 Å². The number of carbonyl (C=O) groups is 3. The summed E-state index contributed by atoms with van der Waals surface area (Å²) in [6.45, 7) is 6.39. The summed E-state index contributed by atoms with van der Waals surface area (Å²) in [5.41, 5.74) is 0. The molecule has 0 radical (unpaired) electrons. The van der Waals surface area contributed by atoms with Crippen LogP contribution in [0.5, 0.6) is 0 Å². The molecular formula is C76H124O6. The van der Waals surface area contributed by atoms with Gasteiger partial charge < -0.3 is 14.2 Å². The smallest absolute Gasteiger partial charge is 0.306 e. The van der Waals surface area contributed by atoms with Gasteiger partial charge in [0, 0.05) is 19.3 Å². The van der Waals surface area contributed by atoms with Gasteiger partial charge in [-0.2, -0.15) is 0 Å². The Morgan fingerprint density at radius 1 is 0.256 bits per heavy atom. The van der Waals surface area contributed by atoms with Gasteiger partial charge in [-0.15, -0.1) is 0 Å². The van der Waals surface area contributed by atoms with Crippen LogP contribution in [-0.2, 0) is 28.6 Å². The van der Waals surface area contributed by atoms with Crippen LogP contribution in [0.25, 0.3) is 0 Å². The molecule has 0 aliphatic rings. The van der Waals surface area contributed by atoms with Gasteiger partial charge in [-0.1, -0.05) is 301 Å². The maximum Gasteiger partial charge on any atom is 0.306 e. The lowest BCUT2D eigenvalue weighted by molar-refractivity contribution is -0.167. The van der Waals surface area contributed by atoms with Gasteiger partial charge in [-0.05, 0) is 122 Å². The zero-order chi connectivity index (χ0) is 59.2. The van der Waals surface area contributed by atoms with Crippen molar-refractivity contribution in [3.05, 3.63) is 146 Å². The maximum atomic E-state index is 12.9. The second-order valence-corrected chi connectivity index (χ2v) is 22.0. The molecule has 0 rings (SSSR count). The third-order valence-corrected chi connectivity index (χ3v) is 14.1. The van der Waals surface area contributed by atoms with E-state index in [0.29, 0.717) is 19.3 Å². The largest absolute Gasteiger partial charge is 0.462 e. The third kappa shape index (κ3) is 66.1. The van der Waals surface area contributed by atoms with Gasteiger partial charge in [0.1, 0.15) is 13.2 Å². The van der Waals surface area contributed by atoms with E-state index in [-0.39, 0.29) is 31.1 Å². The van der Waals surface area contributed by atoms with Gasteiger partial charge >= 0.3 is 17.9 Å². The molecule has 82 heavy (non-hydrogen) atoms. The molecule has 0 aliphatic carbocycles. The summed E-state index contributed by atoms with van der Waals surface area (Å²) >= 11 is 0. The summed E-state index contributed by atoms with van der Waals surface area (Å²) in [5.74, 6) is -0.915. The number of esters is 3. The summed E-state index contributed by atoms with van der Waals surface area (Å²) in [6, 6.07) is 0. The summed E-state index contributed by atoms with van der Waals surface area (Å²) < 4.78 is 16.9. The Balaban J connectivity index is 4.25. The molecule has 0 bridgehead atoms. The van der Waals surface area contributed by atoms with Gasteiger partial charge in [0.25, 0.3) is 0 Å². The van der Waals surface area contributed by atoms with Crippen molar-refractivity contribution in [1.29, 1.82) is 0 Å².